The summed E-state index contributed by atoms with van der Waals surface area (Å²) in [5.74, 6) is -0.283. The van der Waals surface area contributed by atoms with E-state index in [0.717, 1.165) is 29.3 Å². The van der Waals surface area contributed by atoms with Gasteiger partial charge in [-0.2, -0.15) is 0 Å². The van der Waals surface area contributed by atoms with Crippen molar-refractivity contribution in [2.45, 2.75) is 31.7 Å². The minimum Gasteiger partial charge on any atom is -0.369 e. The minimum atomic E-state index is -0.220. The van der Waals surface area contributed by atoms with Crippen LogP contribution in [-0.4, -0.2) is 17.9 Å². The lowest BCUT2D eigenvalue weighted by molar-refractivity contribution is -0.122. The average molecular weight is 372 g/mol. The first-order chi connectivity index (χ1) is 9.06. The highest BCUT2D eigenvalue weighted by Gasteiger charge is 2.25. The predicted molar refractivity (Wildman–Crippen MR) is 81.6 cm³/mol. The smallest absolute Gasteiger partial charge is 0.251 e. The number of benzene rings is 1. The van der Waals surface area contributed by atoms with Crippen LogP contribution in [0.2, 0.25) is 0 Å². The first-order valence-corrected chi connectivity index (χ1v) is 7.50. The molecule has 0 aliphatic heterocycles. The molecule has 1 aromatic rings. The number of hydrogen-bond donors (Lipinski definition) is 2. The molecule has 2 rings (SSSR count). The molecule has 5 heteroatoms. The van der Waals surface area contributed by atoms with Gasteiger partial charge in [0, 0.05) is 21.1 Å². The molecule has 1 aliphatic carbocycles. The molecule has 1 saturated carbocycles. The molecule has 0 aromatic heterocycles. The summed E-state index contributed by atoms with van der Waals surface area (Å²) in [4.78, 5) is 23.2. The fraction of sp³-hybridized carbons (Fsp3) is 0.429. The van der Waals surface area contributed by atoms with Gasteiger partial charge in [-0.05, 0) is 66.5 Å². The molecule has 2 amide bonds. The number of nitrogens with one attached hydrogen (secondary N) is 1. The van der Waals surface area contributed by atoms with Crippen molar-refractivity contribution in [2.75, 3.05) is 0 Å². The maximum absolute atomic E-state index is 12.1. The van der Waals surface area contributed by atoms with Gasteiger partial charge < -0.3 is 11.1 Å². The van der Waals surface area contributed by atoms with E-state index >= 15 is 0 Å². The van der Waals surface area contributed by atoms with E-state index in [9.17, 15) is 9.59 Å². The van der Waals surface area contributed by atoms with E-state index in [1.165, 1.54) is 0 Å². The number of rotatable bonds is 3. The van der Waals surface area contributed by atoms with Crippen molar-refractivity contribution in [3.8, 4) is 0 Å². The van der Waals surface area contributed by atoms with Crippen LogP contribution in [0.5, 0.6) is 0 Å². The second-order valence-electron chi connectivity index (χ2n) is 4.93. The second kappa shape index (κ2) is 6.36. The number of halogens is 1. The normalized spacial score (nSPS) is 22.8. The second-order valence-corrected chi connectivity index (χ2v) is 6.18. The Kier molecular flexibility index (Phi) is 4.79. The summed E-state index contributed by atoms with van der Waals surface area (Å²) in [6.07, 6.45) is 3.19. The molecule has 1 fully saturated rings. The van der Waals surface area contributed by atoms with Gasteiger partial charge in [0.15, 0.2) is 0 Å². The van der Waals surface area contributed by atoms with Crippen molar-refractivity contribution < 1.29 is 9.59 Å². The highest BCUT2D eigenvalue weighted by Crippen LogP contribution is 2.24. The van der Waals surface area contributed by atoms with E-state index in [0.29, 0.717) is 5.56 Å². The van der Waals surface area contributed by atoms with Crippen LogP contribution in [0.3, 0.4) is 0 Å². The van der Waals surface area contributed by atoms with Crippen molar-refractivity contribution in [1.29, 1.82) is 0 Å². The van der Waals surface area contributed by atoms with Crippen LogP contribution in [0, 0.1) is 9.49 Å². The molecular weight excluding hydrogens is 355 g/mol. The van der Waals surface area contributed by atoms with E-state index in [4.69, 9.17) is 5.73 Å². The highest BCUT2D eigenvalue weighted by molar-refractivity contribution is 14.1. The van der Waals surface area contributed by atoms with Crippen LogP contribution in [0.4, 0.5) is 0 Å². The quantitative estimate of drug-likeness (QED) is 0.798. The molecule has 19 heavy (non-hydrogen) atoms. The molecule has 102 valence electrons. The van der Waals surface area contributed by atoms with Gasteiger partial charge in [0.2, 0.25) is 5.91 Å². The summed E-state index contributed by atoms with van der Waals surface area (Å²) >= 11 is 2.19. The summed E-state index contributed by atoms with van der Waals surface area (Å²) in [7, 11) is 0. The van der Waals surface area contributed by atoms with Gasteiger partial charge in [-0.3, -0.25) is 9.59 Å². The van der Waals surface area contributed by atoms with E-state index in [2.05, 4.69) is 27.9 Å². The lowest BCUT2D eigenvalue weighted by Gasteiger charge is -2.27. The molecule has 0 spiro atoms. The first kappa shape index (κ1) is 14.3. The zero-order chi connectivity index (χ0) is 13.8. The third kappa shape index (κ3) is 3.92. The predicted octanol–water partition coefficient (Wildman–Crippen LogP) is 2.07. The van der Waals surface area contributed by atoms with E-state index in [1.54, 1.807) is 0 Å². The zero-order valence-electron chi connectivity index (χ0n) is 10.6. The largest absolute Gasteiger partial charge is 0.369 e. The molecule has 3 N–H and O–H groups in total. The standard InChI is InChI=1S/C14H17IN2O2/c15-11-3-1-2-10(8-11)14(19)17-12-6-4-9(5-7-12)13(16)18/h1-3,8-9,12H,4-7H2,(H2,16,18)(H,17,19). The minimum absolute atomic E-state index is 0.0224. The summed E-state index contributed by atoms with van der Waals surface area (Å²) in [5.41, 5.74) is 5.98. The van der Waals surface area contributed by atoms with Crippen molar-refractivity contribution in [3.63, 3.8) is 0 Å². The van der Waals surface area contributed by atoms with Crippen molar-refractivity contribution in [3.05, 3.63) is 33.4 Å². The summed E-state index contributed by atoms with van der Waals surface area (Å²) in [6.45, 7) is 0. The van der Waals surface area contributed by atoms with Crippen molar-refractivity contribution >= 4 is 34.4 Å². The molecule has 0 atom stereocenters. The van der Waals surface area contributed by atoms with Crippen LogP contribution >= 0.6 is 22.6 Å². The van der Waals surface area contributed by atoms with Crippen LogP contribution in [-0.2, 0) is 4.79 Å². The number of carbonyl (C=O) groups is 2. The third-order valence-corrected chi connectivity index (χ3v) is 4.22. The Labute approximate surface area is 126 Å². The van der Waals surface area contributed by atoms with Crippen LogP contribution in [0.1, 0.15) is 36.0 Å². The lowest BCUT2D eigenvalue weighted by Crippen LogP contribution is -2.39. The first-order valence-electron chi connectivity index (χ1n) is 6.42. The van der Waals surface area contributed by atoms with Gasteiger partial charge in [0.1, 0.15) is 0 Å². The van der Waals surface area contributed by atoms with Crippen molar-refractivity contribution in [2.24, 2.45) is 11.7 Å². The number of primary amides is 1. The lowest BCUT2D eigenvalue weighted by atomic mass is 9.85. The molecule has 0 unspecified atom stereocenters. The van der Waals surface area contributed by atoms with Crippen LogP contribution in [0.15, 0.2) is 24.3 Å². The summed E-state index contributed by atoms with van der Waals surface area (Å²) < 4.78 is 1.04. The van der Waals surface area contributed by atoms with Gasteiger partial charge in [-0.1, -0.05) is 6.07 Å². The van der Waals surface area contributed by atoms with Crippen LogP contribution < -0.4 is 11.1 Å². The molecule has 0 bridgehead atoms. The Hall–Kier alpha value is -1.11. The topological polar surface area (TPSA) is 72.2 Å². The third-order valence-electron chi connectivity index (χ3n) is 3.55. The molecule has 1 aromatic carbocycles. The Morgan fingerprint density at radius 2 is 1.89 bits per heavy atom. The van der Waals surface area contributed by atoms with Gasteiger partial charge in [0.05, 0.1) is 0 Å². The number of hydrogen-bond acceptors (Lipinski definition) is 2. The Morgan fingerprint density at radius 3 is 2.47 bits per heavy atom. The maximum Gasteiger partial charge on any atom is 0.251 e. The highest BCUT2D eigenvalue weighted by atomic mass is 127. The van der Waals surface area contributed by atoms with E-state index in [1.807, 2.05) is 24.3 Å². The fourth-order valence-corrected chi connectivity index (χ4v) is 2.96. The number of nitrogens with two attached hydrogens (primary N) is 1. The van der Waals surface area contributed by atoms with Crippen LogP contribution in [0.25, 0.3) is 0 Å². The zero-order valence-corrected chi connectivity index (χ0v) is 12.7. The Morgan fingerprint density at radius 1 is 1.21 bits per heavy atom. The number of amides is 2. The fourth-order valence-electron chi connectivity index (χ4n) is 2.42. The van der Waals surface area contributed by atoms with E-state index in [-0.39, 0.29) is 23.8 Å². The molecular formula is C14H17IN2O2. The van der Waals surface area contributed by atoms with Gasteiger partial charge in [-0.25, -0.2) is 0 Å². The molecule has 4 nitrogen and oxygen atoms in total. The average Bonchev–Trinajstić information content (AvgIpc) is 2.39. The maximum atomic E-state index is 12.1. The summed E-state index contributed by atoms with van der Waals surface area (Å²) in [6, 6.07) is 7.66. The Bertz CT molecular complexity index is 482. The molecule has 1 aliphatic rings. The van der Waals surface area contributed by atoms with Gasteiger partial charge >= 0.3 is 0 Å². The van der Waals surface area contributed by atoms with Gasteiger partial charge in [0.25, 0.3) is 5.91 Å². The monoisotopic (exact) mass is 372 g/mol. The Balaban J connectivity index is 1.89. The number of carbonyl (C=O) groups excluding carboxylic acids is 2. The molecule has 0 heterocycles. The SMILES string of the molecule is NC(=O)C1CCC(NC(=O)c2cccc(I)c2)CC1. The van der Waals surface area contributed by atoms with Crippen molar-refractivity contribution in [1.82, 2.24) is 5.32 Å². The summed E-state index contributed by atoms with van der Waals surface area (Å²) in [5, 5.41) is 3.03. The van der Waals surface area contributed by atoms with Gasteiger partial charge in [-0.15, -0.1) is 0 Å². The van der Waals surface area contributed by atoms with E-state index < -0.39 is 0 Å². The molecule has 0 saturated heterocycles. The molecule has 0 radical (unpaired) electrons.